The minimum absolute atomic E-state index is 0.310. The van der Waals surface area contributed by atoms with Crippen LogP contribution in [0.2, 0.25) is 0 Å². The molecule has 2 rings (SSSR count). The van der Waals surface area contributed by atoms with Crippen LogP contribution in [0.5, 0.6) is 0 Å². The van der Waals surface area contributed by atoms with Crippen LogP contribution in [-0.2, 0) is 6.18 Å². The predicted molar refractivity (Wildman–Crippen MR) is 58.4 cm³/mol. The summed E-state index contributed by atoms with van der Waals surface area (Å²) in [5.74, 6) is 0.855. The third-order valence-electron chi connectivity index (χ3n) is 2.39. The summed E-state index contributed by atoms with van der Waals surface area (Å²) in [7, 11) is 1.67. The predicted octanol–water partition coefficient (Wildman–Crippen LogP) is 2.03. The van der Waals surface area contributed by atoms with Gasteiger partial charge in [-0.15, -0.1) is 0 Å². The molecule has 0 atom stereocenters. The van der Waals surface area contributed by atoms with Gasteiger partial charge in [0, 0.05) is 18.8 Å². The van der Waals surface area contributed by atoms with Gasteiger partial charge in [-0.3, -0.25) is 0 Å². The molecule has 2 aromatic rings. The summed E-state index contributed by atoms with van der Waals surface area (Å²) in [6.45, 7) is 1.70. The molecule has 0 saturated carbocycles. The molecular weight excluding hydrogens is 247 g/mol. The number of alkyl halides is 3. The van der Waals surface area contributed by atoms with Crippen molar-refractivity contribution in [3.63, 3.8) is 0 Å². The lowest BCUT2D eigenvalue weighted by atomic mass is 10.3. The maximum Gasteiger partial charge on any atom is 0.435 e. The fraction of sp³-hybridized carbons (Fsp3) is 0.300. The van der Waals surface area contributed by atoms with Gasteiger partial charge in [-0.2, -0.15) is 18.3 Å². The van der Waals surface area contributed by atoms with Crippen LogP contribution in [-0.4, -0.2) is 26.8 Å². The van der Waals surface area contributed by atoms with Crippen LogP contribution in [0.1, 0.15) is 11.3 Å². The Balaban J connectivity index is 2.47. The number of hydrogen-bond donors (Lipinski definition) is 1. The SMILES string of the molecule is CNc1ncnc(-n2ccc(C(F)(F)F)n2)c1C. The summed E-state index contributed by atoms with van der Waals surface area (Å²) in [6.07, 6.45) is -1.97. The first-order valence-electron chi connectivity index (χ1n) is 5.06. The van der Waals surface area contributed by atoms with E-state index in [4.69, 9.17) is 0 Å². The summed E-state index contributed by atoms with van der Waals surface area (Å²) >= 11 is 0. The highest BCUT2D eigenvalue weighted by atomic mass is 19.4. The zero-order chi connectivity index (χ0) is 13.3. The van der Waals surface area contributed by atoms with Gasteiger partial charge in [0.15, 0.2) is 11.5 Å². The van der Waals surface area contributed by atoms with Gasteiger partial charge in [0.25, 0.3) is 0 Å². The molecule has 5 nitrogen and oxygen atoms in total. The Morgan fingerprint density at radius 2 is 2.00 bits per heavy atom. The molecule has 0 bridgehead atoms. The highest BCUT2D eigenvalue weighted by molar-refractivity contribution is 5.50. The van der Waals surface area contributed by atoms with Gasteiger partial charge >= 0.3 is 6.18 Å². The van der Waals surface area contributed by atoms with Crippen molar-refractivity contribution >= 4 is 5.82 Å². The minimum atomic E-state index is -4.46. The van der Waals surface area contributed by atoms with Gasteiger partial charge in [-0.25, -0.2) is 14.6 Å². The topological polar surface area (TPSA) is 55.6 Å². The third kappa shape index (κ3) is 2.13. The van der Waals surface area contributed by atoms with E-state index in [-0.39, 0.29) is 0 Å². The first-order chi connectivity index (χ1) is 8.43. The number of anilines is 1. The van der Waals surface area contributed by atoms with E-state index in [1.165, 1.54) is 12.5 Å². The van der Waals surface area contributed by atoms with Gasteiger partial charge in [0.1, 0.15) is 12.1 Å². The van der Waals surface area contributed by atoms with E-state index in [0.29, 0.717) is 17.2 Å². The van der Waals surface area contributed by atoms with E-state index in [0.717, 1.165) is 10.7 Å². The summed E-state index contributed by atoms with van der Waals surface area (Å²) in [5.41, 5.74) is -0.330. The molecule has 0 fully saturated rings. The highest BCUT2D eigenvalue weighted by Crippen LogP contribution is 2.28. The number of nitrogens with zero attached hydrogens (tertiary/aromatic N) is 4. The van der Waals surface area contributed by atoms with Crippen molar-refractivity contribution in [2.45, 2.75) is 13.1 Å². The van der Waals surface area contributed by atoms with Crippen molar-refractivity contribution in [2.24, 2.45) is 0 Å². The Labute approximate surface area is 101 Å². The molecule has 8 heteroatoms. The quantitative estimate of drug-likeness (QED) is 0.894. The first-order valence-corrected chi connectivity index (χ1v) is 5.06. The number of aromatic nitrogens is 4. The number of halogens is 3. The van der Waals surface area contributed by atoms with Gasteiger partial charge in [-0.05, 0) is 13.0 Å². The lowest BCUT2D eigenvalue weighted by molar-refractivity contribution is -0.141. The third-order valence-corrected chi connectivity index (χ3v) is 2.39. The molecule has 0 saturated heterocycles. The zero-order valence-electron chi connectivity index (χ0n) is 9.65. The van der Waals surface area contributed by atoms with E-state index in [9.17, 15) is 13.2 Å². The molecule has 2 aromatic heterocycles. The van der Waals surface area contributed by atoms with Crippen LogP contribution in [0.15, 0.2) is 18.6 Å². The second-order valence-electron chi connectivity index (χ2n) is 3.56. The molecule has 0 aliphatic heterocycles. The maximum absolute atomic E-state index is 12.4. The molecule has 0 radical (unpaired) electrons. The molecule has 0 aliphatic rings. The summed E-state index contributed by atoms with van der Waals surface area (Å²) in [4.78, 5) is 7.89. The van der Waals surface area contributed by atoms with Gasteiger partial charge < -0.3 is 5.32 Å². The van der Waals surface area contributed by atoms with Crippen LogP contribution in [0.3, 0.4) is 0 Å². The van der Waals surface area contributed by atoms with Gasteiger partial charge in [-0.1, -0.05) is 0 Å². The highest BCUT2D eigenvalue weighted by Gasteiger charge is 2.33. The minimum Gasteiger partial charge on any atom is -0.373 e. The van der Waals surface area contributed by atoms with E-state index in [1.807, 2.05) is 0 Å². The molecular formula is C10H10F3N5. The molecule has 2 heterocycles. The Kier molecular flexibility index (Phi) is 2.93. The van der Waals surface area contributed by atoms with Crippen molar-refractivity contribution < 1.29 is 13.2 Å². The molecule has 1 N–H and O–H groups in total. The van der Waals surface area contributed by atoms with E-state index in [2.05, 4.69) is 20.4 Å². The second kappa shape index (κ2) is 4.28. The lowest BCUT2D eigenvalue weighted by Gasteiger charge is -2.08. The number of rotatable bonds is 2. The molecule has 0 aliphatic carbocycles. The molecule has 0 spiro atoms. The van der Waals surface area contributed by atoms with Crippen LogP contribution < -0.4 is 5.32 Å². The van der Waals surface area contributed by atoms with E-state index >= 15 is 0 Å². The van der Waals surface area contributed by atoms with Crippen molar-refractivity contribution in [1.29, 1.82) is 0 Å². The Morgan fingerprint density at radius 3 is 2.56 bits per heavy atom. The smallest absolute Gasteiger partial charge is 0.373 e. The second-order valence-corrected chi connectivity index (χ2v) is 3.56. The molecule has 0 aromatic carbocycles. The molecule has 18 heavy (non-hydrogen) atoms. The van der Waals surface area contributed by atoms with E-state index < -0.39 is 11.9 Å². The Bertz CT molecular complexity index is 561. The largest absolute Gasteiger partial charge is 0.435 e. The lowest BCUT2D eigenvalue weighted by Crippen LogP contribution is -2.09. The van der Waals surface area contributed by atoms with Gasteiger partial charge in [0.05, 0.1) is 0 Å². The fourth-order valence-corrected chi connectivity index (χ4v) is 1.52. The van der Waals surface area contributed by atoms with Crippen LogP contribution in [0, 0.1) is 6.92 Å². The standard InChI is InChI=1S/C10H10F3N5/c1-6-8(14-2)15-5-16-9(6)18-4-3-7(17-18)10(11,12)13/h3-5H,1-2H3,(H,14,15,16). The molecule has 0 amide bonds. The number of nitrogens with one attached hydrogen (secondary N) is 1. The average Bonchev–Trinajstić information content (AvgIpc) is 2.78. The molecule has 96 valence electrons. The Morgan fingerprint density at radius 1 is 1.28 bits per heavy atom. The molecule has 0 unspecified atom stereocenters. The average molecular weight is 257 g/mol. The summed E-state index contributed by atoms with van der Waals surface area (Å²) in [5, 5.41) is 6.29. The summed E-state index contributed by atoms with van der Waals surface area (Å²) in [6, 6.07) is 0.903. The zero-order valence-corrected chi connectivity index (χ0v) is 9.65. The van der Waals surface area contributed by atoms with Crippen LogP contribution >= 0.6 is 0 Å². The number of hydrogen-bond acceptors (Lipinski definition) is 4. The van der Waals surface area contributed by atoms with Crippen LogP contribution in [0.25, 0.3) is 5.82 Å². The van der Waals surface area contributed by atoms with Crippen molar-refractivity contribution in [1.82, 2.24) is 19.7 Å². The van der Waals surface area contributed by atoms with Crippen molar-refractivity contribution in [3.05, 3.63) is 29.8 Å². The monoisotopic (exact) mass is 257 g/mol. The van der Waals surface area contributed by atoms with E-state index in [1.54, 1.807) is 14.0 Å². The Hall–Kier alpha value is -2.12. The fourth-order valence-electron chi connectivity index (χ4n) is 1.52. The summed E-state index contributed by atoms with van der Waals surface area (Å²) < 4.78 is 38.4. The first kappa shape index (κ1) is 12.3. The van der Waals surface area contributed by atoms with Crippen molar-refractivity contribution in [2.75, 3.05) is 12.4 Å². The maximum atomic E-state index is 12.4. The van der Waals surface area contributed by atoms with Crippen LogP contribution in [0.4, 0.5) is 19.0 Å². The normalized spacial score (nSPS) is 11.6. The van der Waals surface area contributed by atoms with Crippen molar-refractivity contribution in [3.8, 4) is 5.82 Å². The van der Waals surface area contributed by atoms with Gasteiger partial charge in [0.2, 0.25) is 0 Å².